The molecule has 96 valence electrons. The molecule has 7 heteroatoms. The Morgan fingerprint density at radius 1 is 1.33 bits per heavy atom. The Labute approximate surface area is 104 Å². The van der Waals surface area contributed by atoms with Crippen LogP contribution < -0.4 is 4.18 Å². The van der Waals surface area contributed by atoms with Gasteiger partial charge in [-0.3, -0.25) is 0 Å². The first-order valence-corrected chi connectivity index (χ1v) is 6.82. The van der Waals surface area contributed by atoms with Crippen molar-refractivity contribution < 1.29 is 22.1 Å². The Morgan fingerprint density at radius 2 is 2.06 bits per heavy atom. The number of fused-ring (bicyclic) bond motifs is 1. The lowest BCUT2D eigenvalue weighted by Crippen LogP contribution is -2.05. The minimum Gasteiger partial charge on any atom is -0.464 e. The van der Waals surface area contributed by atoms with Crippen LogP contribution in [0.2, 0.25) is 0 Å². The fraction of sp³-hybridized carbons (Fsp3) is 0.182. The van der Waals surface area contributed by atoms with E-state index < -0.39 is 16.1 Å². The molecule has 0 aliphatic carbocycles. The van der Waals surface area contributed by atoms with E-state index in [2.05, 4.69) is 9.72 Å². The molecule has 0 fully saturated rings. The molecule has 0 saturated heterocycles. The Bertz CT molecular complexity index is 701. The van der Waals surface area contributed by atoms with Crippen LogP contribution in [0.5, 0.6) is 5.75 Å². The van der Waals surface area contributed by atoms with Crippen LogP contribution in [0, 0.1) is 0 Å². The van der Waals surface area contributed by atoms with Gasteiger partial charge in [-0.25, -0.2) is 4.79 Å². The highest BCUT2D eigenvalue weighted by atomic mass is 32.2. The van der Waals surface area contributed by atoms with Crippen molar-refractivity contribution in [1.82, 2.24) is 4.98 Å². The van der Waals surface area contributed by atoms with E-state index in [1.165, 1.54) is 19.2 Å². The van der Waals surface area contributed by atoms with E-state index in [1.54, 1.807) is 12.1 Å². The molecule has 2 aromatic rings. The minimum atomic E-state index is -3.62. The third kappa shape index (κ3) is 2.45. The van der Waals surface area contributed by atoms with Gasteiger partial charge in [-0.2, -0.15) is 8.42 Å². The number of hydrogen-bond donors (Lipinski definition) is 1. The van der Waals surface area contributed by atoms with Crippen LogP contribution in [0.15, 0.2) is 24.3 Å². The Morgan fingerprint density at radius 3 is 2.67 bits per heavy atom. The molecule has 0 radical (unpaired) electrons. The van der Waals surface area contributed by atoms with Gasteiger partial charge in [0.05, 0.1) is 13.4 Å². The second-order valence-electron chi connectivity index (χ2n) is 3.68. The molecule has 0 aliphatic heterocycles. The van der Waals surface area contributed by atoms with Crippen LogP contribution in [0.3, 0.4) is 0 Å². The zero-order valence-corrected chi connectivity index (χ0v) is 10.6. The van der Waals surface area contributed by atoms with Gasteiger partial charge in [0.1, 0.15) is 5.69 Å². The van der Waals surface area contributed by atoms with Crippen molar-refractivity contribution in [3.05, 3.63) is 30.0 Å². The summed E-state index contributed by atoms with van der Waals surface area (Å²) in [4.78, 5) is 14.2. The van der Waals surface area contributed by atoms with Crippen molar-refractivity contribution >= 4 is 27.0 Å². The second kappa shape index (κ2) is 4.34. The summed E-state index contributed by atoms with van der Waals surface area (Å²) in [6.07, 6.45) is 0.958. The molecule has 18 heavy (non-hydrogen) atoms. The van der Waals surface area contributed by atoms with E-state index in [1.807, 2.05) is 0 Å². The van der Waals surface area contributed by atoms with Gasteiger partial charge in [0.2, 0.25) is 0 Å². The van der Waals surface area contributed by atoms with Gasteiger partial charge in [0, 0.05) is 10.9 Å². The molecule has 0 amide bonds. The third-order valence-corrected chi connectivity index (χ3v) is 2.75. The maximum Gasteiger partial charge on any atom is 0.354 e. The topological polar surface area (TPSA) is 85.5 Å². The molecular formula is C11H11NO5S. The molecule has 6 nitrogen and oxygen atoms in total. The molecule has 0 saturated carbocycles. The van der Waals surface area contributed by atoms with Gasteiger partial charge < -0.3 is 13.9 Å². The number of esters is 1. The van der Waals surface area contributed by atoms with Gasteiger partial charge in [0.15, 0.2) is 5.75 Å². The molecule has 1 N–H and O–H groups in total. The molecule has 1 aromatic carbocycles. The fourth-order valence-electron chi connectivity index (χ4n) is 1.58. The van der Waals surface area contributed by atoms with Crippen molar-refractivity contribution in [2.75, 3.05) is 13.4 Å². The number of ether oxygens (including phenoxy) is 1. The van der Waals surface area contributed by atoms with Crippen LogP contribution in [-0.4, -0.2) is 32.7 Å². The average molecular weight is 269 g/mol. The molecule has 0 atom stereocenters. The van der Waals surface area contributed by atoms with Crippen molar-refractivity contribution in [1.29, 1.82) is 0 Å². The van der Waals surface area contributed by atoms with Crippen molar-refractivity contribution in [2.24, 2.45) is 0 Å². The van der Waals surface area contributed by atoms with Crippen LogP contribution >= 0.6 is 0 Å². The number of carbonyl (C=O) groups is 1. The molecule has 0 bridgehead atoms. The Balaban J connectivity index is 2.55. The summed E-state index contributed by atoms with van der Waals surface area (Å²) in [5.41, 5.74) is 0.827. The first-order valence-electron chi connectivity index (χ1n) is 5.00. The number of rotatable bonds is 3. The first kappa shape index (κ1) is 12.4. The van der Waals surface area contributed by atoms with E-state index in [0.29, 0.717) is 10.9 Å². The lowest BCUT2D eigenvalue weighted by atomic mass is 10.2. The molecule has 1 heterocycles. The summed E-state index contributed by atoms with van der Waals surface area (Å²) >= 11 is 0. The number of aromatic amines is 1. The standard InChI is InChI=1S/C11H11NO5S/c1-16-11(13)9-6-7-8(12-9)4-3-5-10(7)17-18(2,14)15/h3-6,12H,1-2H3. The maximum atomic E-state index is 11.4. The molecule has 2 rings (SSSR count). The van der Waals surface area contributed by atoms with Crippen LogP contribution in [0.1, 0.15) is 10.5 Å². The summed E-state index contributed by atoms with van der Waals surface area (Å²) in [6.45, 7) is 0. The smallest absolute Gasteiger partial charge is 0.354 e. The third-order valence-electron chi connectivity index (χ3n) is 2.27. The average Bonchev–Trinajstić information content (AvgIpc) is 2.71. The molecule has 0 spiro atoms. The highest BCUT2D eigenvalue weighted by Crippen LogP contribution is 2.27. The SMILES string of the molecule is COC(=O)c1cc2c(OS(C)(=O)=O)cccc2[nH]1. The summed E-state index contributed by atoms with van der Waals surface area (Å²) < 4.78 is 31.7. The van der Waals surface area contributed by atoms with E-state index in [4.69, 9.17) is 4.18 Å². The molecule has 0 unspecified atom stereocenters. The van der Waals surface area contributed by atoms with Gasteiger partial charge in [-0.15, -0.1) is 0 Å². The number of aromatic nitrogens is 1. The highest BCUT2D eigenvalue weighted by Gasteiger charge is 2.14. The van der Waals surface area contributed by atoms with Crippen molar-refractivity contribution in [3.63, 3.8) is 0 Å². The largest absolute Gasteiger partial charge is 0.464 e. The predicted octanol–water partition coefficient (Wildman–Crippen LogP) is 1.29. The molecule has 0 aliphatic rings. The number of nitrogens with one attached hydrogen (secondary N) is 1. The summed E-state index contributed by atoms with van der Waals surface area (Å²) in [5.74, 6) is -0.363. The number of H-pyrrole nitrogens is 1. The van der Waals surface area contributed by atoms with E-state index in [-0.39, 0.29) is 11.4 Å². The normalized spacial score (nSPS) is 11.4. The van der Waals surface area contributed by atoms with Gasteiger partial charge in [0.25, 0.3) is 0 Å². The van der Waals surface area contributed by atoms with Crippen LogP contribution in [0.25, 0.3) is 10.9 Å². The predicted molar refractivity (Wildman–Crippen MR) is 65.1 cm³/mol. The number of benzene rings is 1. The lowest BCUT2D eigenvalue weighted by Gasteiger charge is -2.03. The summed E-state index contributed by atoms with van der Waals surface area (Å²) in [6, 6.07) is 6.33. The first-order chi connectivity index (χ1) is 8.40. The minimum absolute atomic E-state index is 0.168. The van der Waals surface area contributed by atoms with Gasteiger partial charge >= 0.3 is 16.1 Å². The van der Waals surface area contributed by atoms with Crippen LogP contribution in [-0.2, 0) is 14.9 Å². The van der Waals surface area contributed by atoms with Gasteiger partial charge in [-0.05, 0) is 18.2 Å². The monoisotopic (exact) mass is 269 g/mol. The molecule has 1 aromatic heterocycles. The zero-order chi connectivity index (χ0) is 13.3. The lowest BCUT2D eigenvalue weighted by molar-refractivity contribution is 0.0595. The highest BCUT2D eigenvalue weighted by molar-refractivity contribution is 7.86. The number of methoxy groups -OCH3 is 1. The summed E-state index contributed by atoms with van der Waals surface area (Å²) in [7, 11) is -2.35. The van der Waals surface area contributed by atoms with E-state index in [9.17, 15) is 13.2 Å². The Kier molecular flexibility index (Phi) is 3.00. The quantitative estimate of drug-likeness (QED) is 0.670. The van der Waals surface area contributed by atoms with Crippen molar-refractivity contribution in [3.8, 4) is 5.75 Å². The van der Waals surface area contributed by atoms with Crippen LogP contribution in [0.4, 0.5) is 0 Å². The van der Waals surface area contributed by atoms with E-state index >= 15 is 0 Å². The zero-order valence-electron chi connectivity index (χ0n) is 9.76. The van der Waals surface area contributed by atoms with E-state index in [0.717, 1.165) is 6.26 Å². The van der Waals surface area contributed by atoms with Crippen molar-refractivity contribution in [2.45, 2.75) is 0 Å². The summed E-state index contributed by atoms with van der Waals surface area (Å²) in [5, 5.41) is 0.503. The Hall–Kier alpha value is -2.02. The molecular weight excluding hydrogens is 258 g/mol. The van der Waals surface area contributed by atoms with Gasteiger partial charge in [-0.1, -0.05) is 6.07 Å². The maximum absolute atomic E-state index is 11.4. The number of hydrogen-bond acceptors (Lipinski definition) is 5. The second-order valence-corrected chi connectivity index (χ2v) is 5.25. The fourth-order valence-corrected chi connectivity index (χ4v) is 2.05. The number of carbonyl (C=O) groups excluding carboxylic acids is 1.